The van der Waals surface area contributed by atoms with Crippen LogP contribution in [0.5, 0.6) is 0 Å². The summed E-state index contributed by atoms with van der Waals surface area (Å²) in [6, 6.07) is 3.78. The van der Waals surface area contributed by atoms with E-state index in [9.17, 15) is 0 Å². The van der Waals surface area contributed by atoms with Crippen LogP contribution in [-0.2, 0) is 0 Å². The van der Waals surface area contributed by atoms with Gasteiger partial charge in [0.2, 0.25) is 0 Å². The van der Waals surface area contributed by atoms with Gasteiger partial charge < -0.3 is 4.98 Å². The average molecular weight is 150 g/mol. The van der Waals surface area contributed by atoms with E-state index >= 15 is 0 Å². The number of rotatable bonds is 0. The summed E-state index contributed by atoms with van der Waals surface area (Å²) < 4.78 is 0.732. The first-order chi connectivity index (χ1) is 4.75. The zero-order valence-electron chi connectivity index (χ0n) is 5.51. The largest absolute Gasteiger partial charge is 0.353 e. The van der Waals surface area contributed by atoms with Crippen molar-refractivity contribution >= 4 is 12.2 Å². The van der Waals surface area contributed by atoms with Gasteiger partial charge >= 0.3 is 0 Å². The maximum atomic E-state index is 8.52. The molecule has 0 amide bonds. The number of nitriles is 1. The van der Waals surface area contributed by atoms with Crippen LogP contribution < -0.4 is 0 Å². The Morgan fingerprint density at radius 1 is 1.70 bits per heavy atom. The normalized spacial score (nSPS) is 8.80. The van der Waals surface area contributed by atoms with Crippen molar-refractivity contribution in [3.63, 3.8) is 0 Å². The van der Waals surface area contributed by atoms with E-state index < -0.39 is 0 Å². The molecular formula is C7H6N2S. The van der Waals surface area contributed by atoms with Crippen molar-refractivity contribution < 1.29 is 0 Å². The van der Waals surface area contributed by atoms with Crippen molar-refractivity contribution in [2.75, 3.05) is 0 Å². The number of pyridine rings is 1. The quantitative estimate of drug-likeness (QED) is 0.574. The first-order valence-electron chi connectivity index (χ1n) is 2.84. The molecule has 1 aromatic rings. The first-order valence-corrected chi connectivity index (χ1v) is 3.25. The van der Waals surface area contributed by atoms with Crippen LogP contribution >= 0.6 is 12.2 Å². The van der Waals surface area contributed by atoms with Crippen molar-refractivity contribution in [3.05, 3.63) is 28.0 Å². The lowest BCUT2D eigenvalue weighted by atomic mass is 10.2. The van der Waals surface area contributed by atoms with Gasteiger partial charge in [0.1, 0.15) is 11.8 Å². The van der Waals surface area contributed by atoms with Gasteiger partial charge in [0.15, 0.2) is 0 Å². The molecule has 0 aliphatic carbocycles. The Kier molecular flexibility index (Phi) is 1.83. The number of hydrogen-bond acceptors (Lipinski definition) is 2. The number of nitrogens with one attached hydrogen (secondary N) is 1. The van der Waals surface area contributed by atoms with Gasteiger partial charge in [-0.25, -0.2) is 0 Å². The molecule has 0 spiro atoms. The molecule has 0 aliphatic heterocycles. The highest BCUT2D eigenvalue weighted by Gasteiger charge is 1.94. The molecule has 0 bridgehead atoms. The van der Waals surface area contributed by atoms with E-state index in [1.807, 2.05) is 13.0 Å². The molecule has 50 valence electrons. The van der Waals surface area contributed by atoms with E-state index in [-0.39, 0.29) is 0 Å². The maximum absolute atomic E-state index is 8.52. The molecule has 0 aromatic carbocycles. The summed E-state index contributed by atoms with van der Waals surface area (Å²) in [6.45, 7) is 1.83. The lowest BCUT2D eigenvalue weighted by Crippen LogP contribution is -1.86. The SMILES string of the molecule is Cc1c(C#N)[nH]ccc1=S. The minimum atomic E-state index is 0.549. The fourth-order valence-corrected chi connectivity index (χ4v) is 0.843. The molecule has 3 heteroatoms. The summed E-state index contributed by atoms with van der Waals surface area (Å²) in [5.74, 6) is 0. The van der Waals surface area contributed by atoms with Crippen molar-refractivity contribution in [1.82, 2.24) is 4.98 Å². The second kappa shape index (κ2) is 2.63. The third-order valence-electron chi connectivity index (χ3n) is 1.32. The fourth-order valence-electron chi connectivity index (χ4n) is 0.673. The predicted molar refractivity (Wildman–Crippen MR) is 41.1 cm³/mol. The topological polar surface area (TPSA) is 39.6 Å². The predicted octanol–water partition coefficient (Wildman–Crippen LogP) is 1.92. The summed E-state index contributed by atoms with van der Waals surface area (Å²) in [5, 5.41) is 8.52. The monoisotopic (exact) mass is 150 g/mol. The molecule has 0 saturated carbocycles. The highest BCUT2D eigenvalue weighted by Crippen LogP contribution is 2.03. The lowest BCUT2D eigenvalue weighted by Gasteiger charge is -1.93. The number of nitrogens with zero attached hydrogens (tertiary/aromatic N) is 1. The van der Waals surface area contributed by atoms with E-state index in [0.717, 1.165) is 10.1 Å². The molecule has 10 heavy (non-hydrogen) atoms. The number of hydrogen-bond donors (Lipinski definition) is 1. The molecule has 1 aromatic heterocycles. The van der Waals surface area contributed by atoms with E-state index in [2.05, 4.69) is 4.98 Å². The first kappa shape index (κ1) is 6.97. The third-order valence-corrected chi connectivity index (χ3v) is 1.76. The number of H-pyrrole nitrogens is 1. The Bertz CT molecular complexity index is 332. The zero-order chi connectivity index (χ0) is 7.56. The lowest BCUT2D eigenvalue weighted by molar-refractivity contribution is 1.20. The molecule has 1 rings (SSSR count). The van der Waals surface area contributed by atoms with Crippen LogP contribution in [0, 0.1) is 22.8 Å². The summed E-state index contributed by atoms with van der Waals surface area (Å²) in [7, 11) is 0. The van der Waals surface area contributed by atoms with Crippen LogP contribution in [0.15, 0.2) is 12.3 Å². The van der Waals surface area contributed by atoms with Gasteiger partial charge in [0.05, 0.1) is 0 Å². The molecule has 0 saturated heterocycles. The smallest absolute Gasteiger partial charge is 0.121 e. The highest BCUT2D eigenvalue weighted by molar-refractivity contribution is 7.71. The van der Waals surface area contributed by atoms with Crippen molar-refractivity contribution in [2.45, 2.75) is 6.92 Å². The van der Waals surface area contributed by atoms with Crippen LogP contribution in [0.1, 0.15) is 11.3 Å². The molecule has 0 fully saturated rings. The van der Waals surface area contributed by atoms with Crippen LogP contribution in [0.25, 0.3) is 0 Å². The van der Waals surface area contributed by atoms with Crippen LogP contribution in [-0.4, -0.2) is 4.98 Å². The summed E-state index contributed by atoms with van der Waals surface area (Å²) >= 11 is 4.94. The van der Waals surface area contributed by atoms with Crippen LogP contribution in [0.3, 0.4) is 0 Å². The van der Waals surface area contributed by atoms with E-state index in [1.54, 1.807) is 12.3 Å². The molecular weight excluding hydrogens is 144 g/mol. The summed E-state index contributed by atoms with van der Waals surface area (Å²) in [5.41, 5.74) is 1.40. The molecule has 0 radical (unpaired) electrons. The minimum Gasteiger partial charge on any atom is -0.353 e. The Balaban J connectivity index is 3.46. The summed E-state index contributed by atoms with van der Waals surface area (Å²) in [6.07, 6.45) is 1.67. The van der Waals surface area contributed by atoms with E-state index in [1.165, 1.54) is 0 Å². The van der Waals surface area contributed by atoms with Gasteiger partial charge in [-0.3, -0.25) is 0 Å². The van der Waals surface area contributed by atoms with E-state index in [0.29, 0.717) is 5.69 Å². The van der Waals surface area contributed by atoms with Crippen LogP contribution in [0.4, 0.5) is 0 Å². The maximum Gasteiger partial charge on any atom is 0.121 e. The molecule has 0 aliphatic rings. The molecule has 0 unspecified atom stereocenters. The van der Waals surface area contributed by atoms with Gasteiger partial charge in [-0.05, 0) is 13.0 Å². The second-order valence-electron chi connectivity index (χ2n) is 1.95. The van der Waals surface area contributed by atoms with Crippen LogP contribution in [0.2, 0.25) is 0 Å². The van der Waals surface area contributed by atoms with Gasteiger partial charge in [-0.2, -0.15) is 5.26 Å². The third kappa shape index (κ3) is 1.07. The van der Waals surface area contributed by atoms with Crippen molar-refractivity contribution in [3.8, 4) is 6.07 Å². The van der Waals surface area contributed by atoms with Gasteiger partial charge in [0, 0.05) is 16.3 Å². The Hall–Kier alpha value is -1.14. The minimum absolute atomic E-state index is 0.549. The zero-order valence-corrected chi connectivity index (χ0v) is 6.33. The fraction of sp³-hybridized carbons (Fsp3) is 0.143. The Morgan fingerprint density at radius 3 is 2.90 bits per heavy atom. The number of aromatic nitrogens is 1. The molecule has 1 heterocycles. The van der Waals surface area contributed by atoms with E-state index in [4.69, 9.17) is 17.5 Å². The molecule has 0 atom stereocenters. The second-order valence-corrected chi connectivity index (χ2v) is 2.39. The standard InChI is InChI=1S/C7H6N2S/c1-5-6(4-8)9-3-2-7(5)10/h2-3H,1H3,(H,9,10). The highest BCUT2D eigenvalue weighted by atomic mass is 32.1. The molecule has 2 nitrogen and oxygen atoms in total. The van der Waals surface area contributed by atoms with Gasteiger partial charge in [0.25, 0.3) is 0 Å². The number of aromatic amines is 1. The molecule has 1 N–H and O–H groups in total. The van der Waals surface area contributed by atoms with Crippen molar-refractivity contribution in [2.24, 2.45) is 0 Å². The average Bonchev–Trinajstić information content (AvgIpc) is 1.95. The summed E-state index contributed by atoms with van der Waals surface area (Å²) in [4.78, 5) is 2.80. The van der Waals surface area contributed by atoms with Gasteiger partial charge in [-0.15, -0.1) is 0 Å². The van der Waals surface area contributed by atoms with Gasteiger partial charge in [-0.1, -0.05) is 12.2 Å². The Morgan fingerprint density at radius 2 is 2.40 bits per heavy atom. The van der Waals surface area contributed by atoms with Crippen molar-refractivity contribution in [1.29, 1.82) is 5.26 Å². The Labute approximate surface area is 64.1 Å².